The Morgan fingerprint density at radius 3 is 2.91 bits per heavy atom. The van der Waals surface area contributed by atoms with Crippen molar-refractivity contribution in [2.24, 2.45) is 11.0 Å². The Kier molecular flexibility index (Phi) is 4.00. The van der Waals surface area contributed by atoms with Crippen LogP contribution in [0, 0.1) is 17.2 Å². The number of rotatable bonds is 4. The molecule has 1 aromatic carbocycles. The molecule has 0 spiro atoms. The van der Waals surface area contributed by atoms with Crippen LogP contribution in [0.3, 0.4) is 0 Å². The molecule has 7 nitrogen and oxygen atoms in total. The van der Waals surface area contributed by atoms with Crippen molar-refractivity contribution in [2.75, 3.05) is 18.0 Å². The van der Waals surface area contributed by atoms with Gasteiger partial charge < -0.3 is 4.42 Å². The maximum atomic E-state index is 12.2. The Morgan fingerprint density at radius 2 is 2.22 bits per heavy atom. The normalized spacial score (nSPS) is 16.9. The zero-order chi connectivity index (χ0) is 16.2. The molecule has 23 heavy (non-hydrogen) atoms. The van der Waals surface area contributed by atoms with Gasteiger partial charge in [0.25, 0.3) is 0 Å². The van der Waals surface area contributed by atoms with Crippen molar-refractivity contribution in [2.45, 2.75) is 6.42 Å². The Hall–Kier alpha value is -3.23. The molecule has 0 radical (unpaired) electrons. The third kappa shape index (κ3) is 2.89. The van der Waals surface area contributed by atoms with Gasteiger partial charge in [-0.1, -0.05) is 35.4 Å². The van der Waals surface area contributed by atoms with Crippen molar-refractivity contribution in [3.8, 4) is 17.4 Å². The van der Waals surface area contributed by atoms with Crippen molar-refractivity contribution in [3.63, 3.8) is 0 Å². The molecule has 1 atom stereocenters. The van der Waals surface area contributed by atoms with Gasteiger partial charge in [0.1, 0.15) is 17.4 Å². The van der Waals surface area contributed by atoms with Crippen LogP contribution in [0.2, 0.25) is 0 Å². The number of azide groups is 1. The van der Waals surface area contributed by atoms with E-state index in [1.165, 1.54) is 4.90 Å². The van der Waals surface area contributed by atoms with E-state index in [0.717, 1.165) is 5.56 Å². The molecule has 0 N–H and O–H groups in total. The molecule has 1 amide bonds. The van der Waals surface area contributed by atoms with Crippen LogP contribution in [0.25, 0.3) is 21.8 Å². The van der Waals surface area contributed by atoms with Crippen LogP contribution in [0.15, 0.2) is 45.9 Å². The van der Waals surface area contributed by atoms with Crippen molar-refractivity contribution in [1.29, 1.82) is 5.26 Å². The van der Waals surface area contributed by atoms with Crippen LogP contribution >= 0.6 is 0 Å². The molecule has 1 aliphatic rings. The summed E-state index contributed by atoms with van der Waals surface area (Å²) in [6.45, 7) is 0.640. The van der Waals surface area contributed by atoms with E-state index in [9.17, 15) is 10.1 Å². The van der Waals surface area contributed by atoms with Crippen molar-refractivity contribution >= 4 is 11.8 Å². The van der Waals surface area contributed by atoms with E-state index in [-0.39, 0.29) is 30.7 Å². The summed E-state index contributed by atoms with van der Waals surface area (Å²) in [6, 6.07) is 13.1. The fourth-order valence-electron chi connectivity index (χ4n) is 2.66. The third-order valence-electron chi connectivity index (χ3n) is 3.74. The highest BCUT2D eigenvalue weighted by molar-refractivity contribution is 5.96. The first-order chi connectivity index (χ1) is 11.2. The van der Waals surface area contributed by atoms with Crippen LogP contribution in [-0.4, -0.2) is 19.0 Å². The van der Waals surface area contributed by atoms with E-state index in [1.807, 2.05) is 30.3 Å². The lowest BCUT2D eigenvalue weighted by Crippen LogP contribution is -2.25. The van der Waals surface area contributed by atoms with E-state index >= 15 is 0 Å². The van der Waals surface area contributed by atoms with Gasteiger partial charge in [-0.05, 0) is 11.4 Å². The van der Waals surface area contributed by atoms with Gasteiger partial charge in [-0.15, -0.1) is 0 Å². The quantitative estimate of drug-likeness (QED) is 0.490. The lowest BCUT2D eigenvalue weighted by atomic mass is 10.1. The summed E-state index contributed by atoms with van der Waals surface area (Å²) in [5, 5.41) is 12.8. The van der Waals surface area contributed by atoms with Gasteiger partial charge >= 0.3 is 0 Å². The Bertz CT molecular complexity index is 815. The van der Waals surface area contributed by atoms with E-state index in [2.05, 4.69) is 16.1 Å². The average Bonchev–Trinajstić information content (AvgIpc) is 3.16. The minimum absolute atomic E-state index is 0.0600. The predicted molar refractivity (Wildman–Crippen MR) is 83.3 cm³/mol. The molecule has 114 valence electrons. The fourth-order valence-corrected chi connectivity index (χ4v) is 2.66. The molecule has 1 aromatic heterocycles. The molecular weight excluding hydrogens is 294 g/mol. The number of furan rings is 1. The summed E-state index contributed by atoms with van der Waals surface area (Å²) in [4.78, 5) is 16.4. The molecular formula is C16H13N5O2. The fraction of sp³-hybridized carbons (Fsp3) is 0.250. The summed E-state index contributed by atoms with van der Waals surface area (Å²) in [5.41, 5.74) is 9.55. The molecule has 1 unspecified atom stereocenters. The highest BCUT2D eigenvalue weighted by atomic mass is 16.4. The number of amides is 1. The molecule has 2 heterocycles. The topological polar surface area (TPSA) is 106 Å². The Morgan fingerprint density at radius 1 is 1.43 bits per heavy atom. The Labute approximate surface area is 132 Å². The van der Waals surface area contributed by atoms with Gasteiger partial charge in [-0.2, -0.15) is 5.26 Å². The monoisotopic (exact) mass is 307 g/mol. The Balaban J connectivity index is 1.91. The summed E-state index contributed by atoms with van der Waals surface area (Å²) in [7, 11) is 0. The predicted octanol–water partition coefficient (Wildman–Crippen LogP) is 3.48. The highest BCUT2D eigenvalue weighted by Crippen LogP contribution is 2.34. The molecule has 0 bridgehead atoms. The number of benzene rings is 1. The summed E-state index contributed by atoms with van der Waals surface area (Å²) in [6.07, 6.45) is 0.283. The van der Waals surface area contributed by atoms with Crippen molar-refractivity contribution < 1.29 is 9.21 Å². The first kappa shape index (κ1) is 14.7. The summed E-state index contributed by atoms with van der Waals surface area (Å²) >= 11 is 0. The number of carbonyl (C=O) groups is 1. The van der Waals surface area contributed by atoms with Gasteiger partial charge in [0.05, 0.1) is 0 Å². The molecule has 0 aliphatic carbocycles. The van der Waals surface area contributed by atoms with Crippen LogP contribution < -0.4 is 4.90 Å². The molecule has 0 saturated carbocycles. The molecule has 1 aliphatic heterocycles. The van der Waals surface area contributed by atoms with E-state index in [4.69, 9.17) is 9.95 Å². The first-order valence-corrected chi connectivity index (χ1v) is 7.13. The van der Waals surface area contributed by atoms with E-state index in [1.54, 1.807) is 6.07 Å². The third-order valence-corrected chi connectivity index (χ3v) is 3.74. The van der Waals surface area contributed by atoms with E-state index in [0.29, 0.717) is 17.9 Å². The molecule has 2 aromatic rings. The molecule has 7 heteroatoms. The second-order valence-electron chi connectivity index (χ2n) is 5.30. The van der Waals surface area contributed by atoms with Crippen LogP contribution in [0.1, 0.15) is 12.0 Å². The number of nitrogens with zero attached hydrogens (tertiary/aromatic N) is 5. The molecule has 3 rings (SSSR count). The second kappa shape index (κ2) is 6.26. The van der Waals surface area contributed by atoms with Gasteiger partial charge in [0.15, 0.2) is 0 Å². The van der Waals surface area contributed by atoms with Gasteiger partial charge in [-0.3, -0.25) is 9.69 Å². The zero-order valence-electron chi connectivity index (χ0n) is 12.2. The number of anilines is 1. The van der Waals surface area contributed by atoms with E-state index < -0.39 is 0 Å². The van der Waals surface area contributed by atoms with Crippen molar-refractivity contribution in [1.82, 2.24) is 0 Å². The summed E-state index contributed by atoms with van der Waals surface area (Å²) in [5.74, 6) is 0.618. The lowest BCUT2D eigenvalue weighted by molar-refractivity contribution is -0.117. The SMILES string of the molecule is N#Cc1cc(-c2ccccc2)oc1N1CC(CN=[N+]=[N-])CC1=O. The van der Waals surface area contributed by atoms with Gasteiger partial charge in [0.2, 0.25) is 11.8 Å². The number of hydrogen-bond acceptors (Lipinski definition) is 4. The smallest absolute Gasteiger partial charge is 0.229 e. The number of nitriles is 1. The maximum Gasteiger partial charge on any atom is 0.229 e. The second-order valence-corrected chi connectivity index (χ2v) is 5.30. The van der Waals surface area contributed by atoms with Crippen LogP contribution in [0.4, 0.5) is 5.88 Å². The standard InChI is InChI=1S/C16H13N5O2/c17-8-13-7-14(12-4-2-1-3-5-12)23-16(13)21-10-11(6-15(21)22)9-19-20-18/h1-5,7,11H,6,9-10H2. The highest BCUT2D eigenvalue weighted by Gasteiger charge is 2.34. The largest absolute Gasteiger partial charge is 0.439 e. The average molecular weight is 307 g/mol. The number of carbonyl (C=O) groups excluding carboxylic acids is 1. The van der Waals surface area contributed by atoms with Gasteiger partial charge in [0, 0.05) is 36.1 Å². The zero-order valence-corrected chi connectivity index (χ0v) is 12.2. The first-order valence-electron chi connectivity index (χ1n) is 7.13. The van der Waals surface area contributed by atoms with Crippen molar-refractivity contribution in [3.05, 3.63) is 52.4 Å². The maximum absolute atomic E-state index is 12.2. The minimum Gasteiger partial charge on any atom is -0.439 e. The molecule has 1 saturated heterocycles. The van der Waals surface area contributed by atoms with Crippen LogP contribution in [0.5, 0.6) is 0 Å². The minimum atomic E-state index is -0.131. The molecule has 1 fully saturated rings. The van der Waals surface area contributed by atoms with Crippen LogP contribution in [-0.2, 0) is 4.79 Å². The summed E-state index contributed by atoms with van der Waals surface area (Å²) < 4.78 is 5.78. The lowest BCUT2D eigenvalue weighted by Gasteiger charge is -2.13. The number of hydrogen-bond donors (Lipinski definition) is 0. The van der Waals surface area contributed by atoms with Gasteiger partial charge in [-0.25, -0.2) is 0 Å².